The van der Waals surface area contributed by atoms with Gasteiger partial charge in [-0.1, -0.05) is 48.2 Å². The Balaban J connectivity index is 1.44. The Hall–Kier alpha value is -2.64. The fourth-order valence-corrected chi connectivity index (χ4v) is 3.68. The van der Waals surface area contributed by atoms with E-state index < -0.39 is 0 Å². The van der Waals surface area contributed by atoms with Crippen molar-refractivity contribution >= 4 is 17.7 Å². The van der Waals surface area contributed by atoms with E-state index in [-0.39, 0.29) is 5.91 Å². The topological polar surface area (TPSA) is 63.1 Å². The molecule has 3 aromatic rings. The zero-order valence-corrected chi connectivity index (χ0v) is 17.9. The van der Waals surface area contributed by atoms with Crippen molar-refractivity contribution in [1.82, 2.24) is 25.0 Å². The molecule has 0 saturated heterocycles. The number of nitrogens with one attached hydrogen (secondary N) is 1. The summed E-state index contributed by atoms with van der Waals surface area (Å²) in [4.78, 5) is 14.4. The maximum atomic E-state index is 12.2. The standard InChI is InChI=1S/C22H27N5OS/c1-17-9-10-20(13-18(17)2)27-16-24-25-22(27)29-15-21(28)23-11-12-26(3)14-19-7-5-4-6-8-19/h4-10,13,16H,11-12,14-15H2,1-3H3,(H,23,28). The van der Waals surface area contributed by atoms with Crippen LogP contribution in [0, 0.1) is 13.8 Å². The molecule has 1 aromatic heterocycles. The van der Waals surface area contributed by atoms with E-state index in [2.05, 4.69) is 65.6 Å². The lowest BCUT2D eigenvalue weighted by molar-refractivity contribution is -0.118. The number of rotatable bonds is 9. The van der Waals surface area contributed by atoms with Gasteiger partial charge in [-0.3, -0.25) is 9.36 Å². The van der Waals surface area contributed by atoms with Crippen LogP contribution in [-0.2, 0) is 11.3 Å². The summed E-state index contributed by atoms with van der Waals surface area (Å²) in [7, 11) is 2.06. The van der Waals surface area contributed by atoms with Gasteiger partial charge in [-0.15, -0.1) is 10.2 Å². The van der Waals surface area contributed by atoms with E-state index in [1.165, 1.54) is 28.5 Å². The zero-order chi connectivity index (χ0) is 20.6. The molecule has 0 aliphatic heterocycles. The van der Waals surface area contributed by atoms with Crippen molar-refractivity contribution < 1.29 is 4.79 Å². The largest absolute Gasteiger partial charge is 0.354 e. The first-order valence-electron chi connectivity index (χ1n) is 9.62. The summed E-state index contributed by atoms with van der Waals surface area (Å²) in [6.45, 7) is 6.45. The smallest absolute Gasteiger partial charge is 0.230 e. The number of nitrogens with zero attached hydrogens (tertiary/aromatic N) is 4. The van der Waals surface area contributed by atoms with Gasteiger partial charge >= 0.3 is 0 Å². The van der Waals surface area contributed by atoms with Crippen LogP contribution in [0.4, 0.5) is 0 Å². The minimum Gasteiger partial charge on any atom is -0.354 e. The number of aromatic nitrogens is 3. The van der Waals surface area contributed by atoms with E-state index in [0.717, 1.165) is 18.8 Å². The van der Waals surface area contributed by atoms with Crippen molar-refractivity contribution in [2.75, 3.05) is 25.9 Å². The third-order valence-corrected chi connectivity index (χ3v) is 5.67. The van der Waals surface area contributed by atoms with Crippen LogP contribution < -0.4 is 5.32 Å². The van der Waals surface area contributed by atoms with Crippen LogP contribution >= 0.6 is 11.8 Å². The van der Waals surface area contributed by atoms with Crippen molar-refractivity contribution in [2.24, 2.45) is 0 Å². The second-order valence-electron chi connectivity index (χ2n) is 7.11. The molecule has 0 fully saturated rings. The molecule has 0 aliphatic carbocycles. The fraction of sp³-hybridized carbons (Fsp3) is 0.318. The second-order valence-corrected chi connectivity index (χ2v) is 8.06. The molecule has 0 aliphatic rings. The molecular weight excluding hydrogens is 382 g/mol. The average molecular weight is 410 g/mol. The molecule has 6 nitrogen and oxygen atoms in total. The predicted octanol–water partition coefficient (Wildman–Crippen LogP) is 3.22. The molecule has 3 rings (SSSR count). The van der Waals surface area contributed by atoms with Crippen LogP contribution in [0.1, 0.15) is 16.7 Å². The Kier molecular flexibility index (Phi) is 7.43. The van der Waals surface area contributed by atoms with Crippen LogP contribution in [0.3, 0.4) is 0 Å². The number of hydrogen-bond donors (Lipinski definition) is 1. The third kappa shape index (κ3) is 6.17. The summed E-state index contributed by atoms with van der Waals surface area (Å²) in [6.07, 6.45) is 1.68. The van der Waals surface area contributed by atoms with Crippen LogP contribution in [0.15, 0.2) is 60.0 Å². The van der Waals surface area contributed by atoms with Gasteiger partial charge < -0.3 is 10.2 Å². The minimum absolute atomic E-state index is 0.00209. The molecule has 0 bridgehead atoms. The van der Waals surface area contributed by atoms with Crippen molar-refractivity contribution in [1.29, 1.82) is 0 Å². The van der Waals surface area contributed by atoms with Gasteiger partial charge in [0.2, 0.25) is 5.91 Å². The molecule has 1 amide bonds. The summed E-state index contributed by atoms with van der Waals surface area (Å²) >= 11 is 1.39. The van der Waals surface area contributed by atoms with E-state index in [0.29, 0.717) is 17.5 Å². The normalized spacial score (nSPS) is 11.0. The Morgan fingerprint density at radius 3 is 2.69 bits per heavy atom. The summed E-state index contributed by atoms with van der Waals surface area (Å²) in [5, 5.41) is 11.9. The zero-order valence-electron chi connectivity index (χ0n) is 17.1. The number of thioether (sulfide) groups is 1. The summed E-state index contributed by atoms with van der Waals surface area (Å²) < 4.78 is 1.91. The molecule has 0 spiro atoms. The quantitative estimate of drug-likeness (QED) is 0.550. The van der Waals surface area contributed by atoms with Crippen LogP contribution in [-0.4, -0.2) is 51.5 Å². The number of carbonyl (C=O) groups excluding carboxylic acids is 1. The second kappa shape index (κ2) is 10.2. The minimum atomic E-state index is -0.00209. The van der Waals surface area contributed by atoms with Crippen molar-refractivity contribution in [2.45, 2.75) is 25.5 Å². The highest BCUT2D eigenvalue weighted by Gasteiger charge is 2.11. The Morgan fingerprint density at radius 2 is 1.93 bits per heavy atom. The van der Waals surface area contributed by atoms with Gasteiger partial charge in [0, 0.05) is 25.3 Å². The predicted molar refractivity (Wildman–Crippen MR) is 117 cm³/mol. The number of benzene rings is 2. The Labute approximate surface area is 176 Å². The SMILES string of the molecule is Cc1ccc(-n2cnnc2SCC(=O)NCCN(C)Cc2ccccc2)cc1C. The van der Waals surface area contributed by atoms with Gasteiger partial charge in [-0.2, -0.15) is 0 Å². The highest BCUT2D eigenvalue weighted by molar-refractivity contribution is 7.99. The molecule has 0 unspecified atom stereocenters. The van der Waals surface area contributed by atoms with E-state index in [4.69, 9.17) is 0 Å². The van der Waals surface area contributed by atoms with Crippen molar-refractivity contribution in [3.05, 3.63) is 71.5 Å². The number of carbonyl (C=O) groups is 1. The molecule has 0 atom stereocenters. The van der Waals surface area contributed by atoms with Crippen molar-refractivity contribution in [3.8, 4) is 5.69 Å². The molecule has 0 radical (unpaired) electrons. The highest BCUT2D eigenvalue weighted by Crippen LogP contribution is 2.21. The van der Waals surface area contributed by atoms with Gasteiger partial charge in [-0.05, 0) is 49.7 Å². The molecular formula is C22H27N5OS. The van der Waals surface area contributed by atoms with E-state index in [9.17, 15) is 4.79 Å². The molecule has 7 heteroatoms. The lowest BCUT2D eigenvalue weighted by atomic mass is 10.1. The van der Waals surface area contributed by atoms with E-state index >= 15 is 0 Å². The van der Waals surface area contributed by atoms with Crippen LogP contribution in [0.2, 0.25) is 0 Å². The molecule has 1 heterocycles. The summed E-state index contributed by atoms with van der Waals surface area (Å²) in [6, 6.07) is 16.5. The van der Waals surface area contributed by atoms with Crippen LogP contribution in [0.25, 0.3) is 5.69 Å². The van der Waals surface area contributed by atoms with Gasteiger partial charge in [0.25, 0.3) is 0 Å². The van der Waals surface area contributed by atoms with Gasteiger partial charge in [0.15, 0.2) is 5.16 Å². The number of hydrogen-bond acceptors (Lipinski definition) is 5. The first-order chi connectivity index (χ1) is 14.0. The first-order valence-corrected chi connectivity index (χ1v) is 10.6. The summed E-state index contributed by atoms with van der Waals surface area (Å²) in [5.74, 6) is 0.309. The average Bonchev–Trinajstić information content (AvgIpc) is 3.18. The van der Waals surface area contributed by atoms with Crippen molar-refractivity contribution in [3.63, 3.8) is 0 Å². The van der Waals surface area contributed by atoms with Gasteiger partial charge in [0.05, 0.1) is 5.75 Å². The lowest BCUT2D eigenvalue weighted by Crippen LogP contribution is -2.33. The summed E-state index contributed by atoms with van der Waals surface area (Å²) in [5.41, 5.74) is 4.73. The molecule has 1 N–H and O–H groups in total. The number of amides is 1. The van der Waals surface area contributed by atoms with E-state index in [1.54, 1.807) is 6.33 Å². The van der Waals surface area contributed by atoms with Gasteiger partial charge in [0.1, 0.15) is 6.33 Å². The van der Waals surface area contributed by atoms with Crippen LogP contribution in [0.5, 0.6) is 0 Å². The first kappa shape index (κ1) is 21.1. The lowest BCUT2D eigenvalue weighted by Gasteiger charge is -2.17. The Morgan fingerprint density at radius 1 is 1.14 bits per heavy atom. The third-order valence-electron chi connectivity index (χ3n) is 4.73. The maximum absolute atomic E-state index is 12.2. The van der Waals surface area contributed by atoms with E-state index in [1.807, 2.05) is 28.8 Å². The molecule has 0 saturated carbocycles. The number of aryl methyl sites for hydroxylation is 2. The Bertz CT molecular complexity index is 941. The molecule has 29 heavy (non-hydrogen) atoms. The maximum Gasteiger partial charge on any atom is 0.230 e. The monoisotopic (exact) mass is 409 g/mol. The number of likely N-dealkylation sites (N-methyl/N-ethyl adjacent to an activating group) is 1. The molecule has 2 aromatic carbocycles. The van der Waals surface area contributed by atoms with Gasteiger partial charge in [-0.25, -0.2) is 0 Å². The molecule has 152 valence electrons. The fourth-order valence-electron chi connectivity index (χ4n) is 2.92. The highest BCUT2D eigenvalue weighted by atomic mass is 32.2.